The number of hydrogen-bond donors (Lipinski definition) is 1. The maximum absolute atomic E-state index is 5.56. The number of nitrogen functional groups attached to an aromatic ring is 1. The van der Waals surface area contributed by atoms with Gasteiger partial charge in [-0.15, -0.1) is 0 Å². The zero-order chi connectivity index (χ0) is 5.98. The first-order valence-electron chi connectivity index (χ1n) is 2.30. The zero-order valence-corrected chi connectivity index (χ0v) is 5.02. The van der Waals surface area contributed by atoms with Crippen LogP contribution in [0.25, 0.3) is 0 Å². The van der Waals surface area contributed by atoms with Crippen molar-refractivity contribution in [2.45, 2.75) is 0 Å². The Kier molecular flexibility index (Phi) is 4.32. The predicted octanol–water partition coefficient (Wildman–Crippen LogP) is 1.27. The summed E-state index contributed by atoms with van der Waals surface area (Å²) in [4.78, 5) is 0. The van der Waals surface area contributed by atoms with E-state index in [4.69, 9.17) is 17.3 Å². The number of halogens is 1. The first kappa shape index (κ1) is 9.31. The molecule has 1 aromatic carbocycles. The van der Waals surface area contributed by atoms with Gasteiger partial charge in [0.1, 0.15) is 0 Å². The van der Waals surface area contributed by atoms with Gasteiger partial charge >= 0.3 is 29.6 Å². The van der Waals surface area contributed by atoms with Gasteiger partial charge in [0.15, 0.2) is 0 Å². The SMILES string of the molecule is Nc1cccc(Cl)c1.[NaH]. The number of anilines is 1. The molecule has 1 rings (SSSR count). The van der Waals surface area contributed by atoms with E-state index in [0.717, 1.165) is 0 Å². The van der Waals surface area contributed by atoms with Crippen molar-refractivity contribution in [2.24, 2.45) is 0 Å². The number of nitrogens with two attached hydrogens (primary N) is 1. The molecule has 0 aliphatic heterocycles. The molecule has 0 aromatic heterocycles. The summed E-state index contributed by atoms with van der Waals surface area (Å²) in [7, 11) is 0. The van der Waals surface area contributed by atoms with Gasteiger partial charge in [0, 0.05) is 10.7 Å². The monoisotopic (exact) mass is 151 g/mol. The summed E-state index contributed by atoms with van der Waals surface area (Å²) in [5.41, 5.74) is 6.08. The van der Waals surface area contributed by atoms with Crippen LogP contribution in [0.4, 0.5) is 5.69 Å². The Labute approximate surface area is 81.5 Å². The minimum absolute atomic E-state index is 0. The Hall–Kier alpha value is 0.310. The third kappa shape index (κ3) is 3.11. The van der Waals surface area contributed by atoms with E-state index in [2.05, 4.69) is 0 Å². The molecule has 0 aliphatic carbocycles. The van der Waals surface area contributed by atoms with Gasteiger partial charge in [0.2, 0.25) is 0 Å². The molecular weight excluding hydrogens is 145 g/mol. The quantitative estimate of drug-likeness (QED) is 0.439. The van der Waals surface area contributed by atoms with Crippen molar-refractivity contribution in [1.29, 1.82) is 0 Å². The second kappa shape index (κ2) is 4.18. The Balaban J connectivity index is 0.000000640. The average molecular weight is 152 g/mol. The fraction of sp³-hybridized carbons (Fsp3) is 0. The van der Waals surface area contributed by atoms with Crippen LogP contribution in [-0.4, -0.2) is 29.6 Å². The second-order valence-corrected chi connectivity index (χ2v) is 1.99. The predicted molar refractivity (Wildman–Crippen MR) is 43.0 cm³/mol. The first-order chi connectivity index (χ1) is 3.79. The van der Waals surface area contributed by atoms with Crippen molar-refractivity contribution in [2.75, 3.05) is 5.73 Å². The van der Waals surface area contributed by atoms with E-state index in [9.17, 15) is 0 Å². The van der Waals surface area contributed by atoms with E-state index in [1.54, 1.807) is 18.2 Å². The number of rotatable bonds is 0. The van der Waals surface area contributed by atoms with Gasteiger partial charge in [-0.2, -0.15) is 0 Å². The molecule has 0 bridgehead atoms. The minimum atomic E-state index is 0. The van der Waals surface area contributed by atoms with Crippen LogP contribution in [0.1, 0.15) is 0 Å². The van der Waals surface area contributed by atoms with E-state index in [-0.39, 0.29) is 29.6 Å². The van der Waals surface area contributed by atoms with E-state index in [1.165, 1.54) is 0 Å². The van der Waals surface area contributed by atoms with Crippen molar-refractivity contribution in [3.8, 4) is 0 Å². The molecule has 0 spiro atoms. The second-order valence-electron chi connectivity index (χ2n) is 1.56. The molecule has 44 valence electrons. The van der Waals surface area contributed by atoms with Gasteiger partial charge < -0.3 is 5.73 Å². The van der Waals surface area contributed by atoms with Gasteiger partial charge in [-0.05, 0) is 18.2 Å². The van der Waals surface area contributed by atoms with Crippen LogP contribution < -0.4 is 5.73 Å². The van der Waals surface area contributed by atoms with Crippen molar-refractivity contribution in [3.05, 3.63) is 29.3 Å². The van der Waals surface area contributed by atoms with Crippen LogP contribution in [-0.2, 0) is 0 Å². The van der Waals surface area contributed by atoms with E-state index in [0.29, 0.717) is 10.7 Å². The molecular formula is C6H7ClNNa. The van der Waals surface area contributed by atoms with Crippen LogP contribution in [0.2, 0.25) is 5.02 Å². The summed E-state index contributed by atoms with van der Waals surface area (Å²) in [6, 6.07) is 7.11. The van der Waals surface area contributed by atoms with E-state index in [1.807, 2.05) is 6.07 Å². The summed E-state index contributed by atoms with van der Waals surface area (Å²) in [6.07, 6.45) is 0. The third-order valence-corrected chi connectivity index (χ3v) is 1.08. The topological polar surface area (TPSA) is 26.0 Å². The van der Waals surface area contributed by atoms with Crippen LogP contribution in [0.5, 0.6) is 0 Å². The molecule has 0 atom stereocenters. The fourth-order valence-electron chi connectivity index (χ4n) is 0.507. The van der Waals surface area contributed by atoms with Crippen LogP contribution >= 0.6 is 11.6 Å². The van der Waals surface area contributed by atoms with Crippen LogP contribution in [0.15, 0.2) is 24.3 Å². The summed E-state index contributed by atoms with van der Waals surface area (Å²) in [5.74, 6) is 0. The summed E-state index contributed by atoms with van der Waals surface area (Å²) < 4.78 is 0. The Morgan fingerprint density at radius 2 is 2.00 bits per heavy atom. The Morgan fingerprint density at radius 3 is 2.33 bits per heavy atom. The molecule has 0 aliphatic rings. The number of hydrogen-bond acceptors (Lipinski definition) is 1. The Bertz CT molecular complexity index is 173. The van der Waals surface area contributed by atoms with Crippen LogP contribution in [0.3, 0.4) is 0 Å². The van der Waals surface area contributed by atoms with Crippen molar-refractivity contribution < 1.29 is 0 Å². The van der Waals surface area contributed by atoms with Crippen molar-refractivity contribution >= 4 is 46.8 Å². The molecule has 9 heavy (non-hydrogen) atoms. The molecule has 0 saturated carbocycles. The molecule has 2 N–H and O–H groups in total. The average Bonchev–Trinajstić information content (AvgIpc) is 1.64. The third-order valence-electron chi connectivity index (χ3n) is 0.849. The fourth-order valence-corrected chi connectivity index (χ4v) is 0.705. The molecule has 0 amide bonds. The van der Waals surface area contributed by atoms with E-state index >= 15 is 0 Å². The van der Waals surface area contributed by atoms with Crippen LogP contribution in [0, 0.1) is 0 Å². The van der Waals surface area contributed by atoms with Crippen molar-refractivity contribution in [3.63, 3.8) is 0 Å². The molecule has 0 radical (unpaired) electrons. The number of benzene rings is 1. The molecule has 0 unspecified atom stereocenters. The van der Waals surface area contributed by atoms with Gasteiger partial charge in [-0.25, -0.2) is 0 Å². The first-order valence-corrected chi connectivity index (χ1v) is 2.68. The zero-order valence-electron chi connectivity index (χ0n) is 4.26. The Morgan fingerprint density at radius 1 is 1.33 bits per heavy atom. The van der Waals surface area contributed by atoms with E-state index < -0.39 is 0 Å². The molecule has 1 aromatic rings. The molecule has 0 saturated heterocycles. The van der Waals surface area contributed by atoms with Gasteiger partial charge in [0.05, 0.1) is 0 Å². The molecule has 0 heterocycles. The van der Waals surface area contributed by atoms with Crippen molar-refractivity contribution in [1.82, 2.24) is 0 Å². The summed E-state index contributed by atoms with van der Waals surface area (Å²) in [6.45, 7) is 0. The molecule has 0 fully saturated rings. The standard InChI is InChI=1S/C6H6ClN.Na.H/c7-5-2-1-3-6(8)4-5;;/h1-4H,8H2;;. The van der Waals surface area contributed by atoms with Gasteiger partial charge in [-0.1, -0.05) is 17.7 Å². The maximum atomic E-state index is 5.56. The van der Waals surface area contributed by atoms with Gasteiger partial charge in [0.25, 0.3) is 0 Å². The normalized spacial score (nSPS) is 8.11. The molecule has 1 nitrogen and oxygen atoms in total. The van der Waals surface area contributed by atoms with Gasteiger partial charge in [-0.3, -0.25) is 0 Å². The summed E-state index contributed by atoms with van der Waals surface area (Å²) in [5, 5.41) is 0.685. The molecule has 3 heteroatoms. The summed E-state index contributed by atoms with van der Waals surface area (Å²) >= 11 is 5.56.